The number of hydrogen-bond donors (Lipinski definition) is 22. The first-order chi connectivity index (χ1) is 57.2. The summed E-state index contributed by atoms with van der Waals surface area (Å²) in [6.45, 7) is 12.1. The molecule has 1 heterocycles. The second-order valence-corrected chi connectivity index (χ2v) is 31.5. The first-order valence-electron chi connectivity index (χ1n) is 40.5. The smallest absolute Gasteiger partial charge is 0.327 e. The number of carboxylic acids is 1. The number of carboxylic acid groups (broad SMARTS) is 1. The lowest BCUT2D eigenvalue weighted by molar-refractivity contribution is -0.142. The third kappa shape index (κ3) is 35.5. The van der Waals surface area contributed by atoms with Crippen LogP contribution in [0.4, 0.5) is 0 Å². The molecule has 0 spiro atoms. The lowest BCUT2D eigenvalue weighted by Crippen LogP contribution is -2.62. The van der Waals surface area contributed by atoms with Crippen molar-refractivity contribution in [3.63, 3.8) is 0 Å². The van der Waals surface area contributed by atoms with Crippen molar-refractivity contribution in [2.45, 2.75) is 242 Å². The minimum absolute atomic E-state index is 0.0217. The van der Waals surface area contributed by atoms with Gasteiger partial charge in [-0.1, -0.05) is 114 Å². The van der Waals surface area contributed by atoms with Crippen molar-refractivity contribution in [3.05, 3.63) is 102 Å². The number of carbonyl (C=O) groups is 17. The summed E-state index contributed by atoms with van der Waals surface area (Å²) in [4.78, 5) is 235. The van der Waals surface area contributed by atoms with E-state index in [1.165, 1.54) is 36.1 Å². The third-order valence-electron chi connectivity index (χ3n) is 19.8. The van der Waals surface area contributed by atoms with E-state index in [0.29, 0.717) is 48.8 Å². The highest BCUT2D eigenvalue weighted by Gasteiger charge is 2.42. The molecule has 3 aromatic carbocycles. The maximum absolute atomic E-state index is 14.7. The van der Waals surface area contributed by atoms with Crippen LogP contribution in [0.2, 0.25) is 0 Å². The Hall–Kier alpha value is -11.4. The number of benzene rings is 3. The zero-order chi connectivity index (χ0) is 90.3. The lowest BCUT2D eigenvalue weighted by atomic mass is 9.99. The Bertz CT molecular complexity index is 4000. The molecule has 0 unspecified atom stereocenters. The number of primary amides is 2. The van der Waals surface area contributed by atoms with Gasteiger partial charge in [0.05, 0.1) is 25.1 Å². The first-order valence-corrected chi connectivity index (χ1v) is 41.1. The van der Waals surface area contributed by atoms with Crippen LogP contribution in [0.15, 0.2) is 84.9 Å². The summed E-state index contributed by atoms with van der Waals surface area (Å²) in [5.41, 5.74) is 29.2. The molecule has 668 valence electrons. The molecule has 0 aromatic heterocycles. The summed E-state index contributed by atoms with van der Waals surface area (Å²) in [6, 6.07) is 2.28. The predicted octanol–water partition coefficient (Wildman–Crippen LogP) is -4.16. The molecular formula is C81H123N19O20S. The average Bonchev–Trinajstić information content (AvgIpc) is 1.73. The van der Waals surface area contributed by atoms with Crippen LogP contribution in [0.1, 0.15) is 149 Å². The highest BCUT2D eigenvalue weighted by Crippen LogP contribution is 2.22. The predicted molar refractivity (Wildman–Crippen MR) is 447 cm³/mol. The van der Waals surface area contributed by atoms with Gasteiger partial charge in [0.25, 0.3) is 0 Å². The lowest BCUT2D eigenvalue weighted by Gasteiger charge is -2.31. The van der Waals surface area contributed by atoms with Gasteiger partial charge in [-0.25, -0.2) is 4.79 Å². The van der Waals surface area contributed by atoms with Crippen LogP contribution >= 0.6 is 12.6 Å². The van der Waals surface area contributed by atoms with E-state index < -0.39 is 222 Å². The van der Waals surface area contributed by atoms with Gasteiger partial charge < -0.3 is 118 Å². The number of nitrogens with one attached hydrogen (secondary N) is 13. The molecule has 121 heavy (non-hydrogen) atoms. The van der Waals surface area contributed by atoms with Crippen molar-refractivity contribution in [3.8, 4) is 5.75 Å². The molecular weight excluding hydrogens is 1590 g/mol. The number of hydrogen-bond acceptors (Lipinski definition) is 23. The van der Waals surface area contributed by atoms with Crippen LogP contribution in [0.5, 0.6) is 5.75 Å². The fraction of sp³-hybridized carbons (Fsp3) is 0.568. The molecule has 1 aliphatic heterocycles. The van der Waals surface area contributed by atoms with Crippen molar-refractivity contribution in [2.75, 3.05) is 31.9 Å². The average molecular weight is 1720 g/mol. The second kappa shape index (κ2) is 52.0. The second-order valence-electron chi connectivity index (χ2n) is 31.1. The molecule has 0 radical (unpaired) electrons. The van der Waals surface area contributed by atoms with E-state index >= 15 is 0 Å². The minimum atomic E-state index is -1.87. The topological polar surface area (TPSA) is 641 Å². The largest absolute Gasteiger partial charge is 0.508 e. The van der Waals surface area contributed by atoms with Gasteiger partial charge in [0.15, 0.2) is 0 Å². The van der Waals surface area contributed by atoms with Gasteiger partial charge in [0.2, 0.25) is 94.5 Å². The number of unbranched alkanes of at least 4 members (excludes halogenated alkanes) is 2. The number of carbonyl (C=O) groups excluding carboxylic acids is 16. The van der Waals surface area contributed by atoms with Crippen molar-refractivity contribution >= 4 is 113 Å². The van der Waals surface area contributed by atoms with Crippen LogP contribution in [0, 0.1) is 17.8 Å². The van der Waals surface area contributed by atoms with Crippen molar-refractivity contribution in [1.82, 2.24) is 74.0 Å². The van der Waals surface area contributed by atoms with Gasteiger partial charge in [-0.15, -0.1) is 0 Å². The number of aliphatic hydroxyl groups excluding tert-OH is 1. The number of phenolic OH excluding ortho intramolecular Hbond substituents is 1. The van der Waals surface area contributed by atoms with Crippen LogP contribution in [-0.4, -0.2) is 243 Å². The van der Waals surface area contributed by atoms with Gasteiger partial charge in [-0.3, -0.25) is 76.7 Å². The zero-order valence-electron chi connectivity index (χ0n) is 69.7. The summed E-state index contributed by atoms with van der Waals surface area (Å²) in [7, 11) is 0. The quantitative estimate of drug-likeness (QED) is 0.0188. The van der Waals surface area contributed by atoms with Gasteiger partial charge in [-0.05, 0) is 138 Å². The van der Waals surface area contributed by atoms with E-state index in [1.807, 2.05) is 0 Å². The molecule has 0 bridgehead atoms. The first kappa shape index (κ1) is 102. The number of nitrogens with zero attached hydrogens (tertiary/aromatic N) is 1. The normalized spacial score (nSPS) is 16.0. The molecule has 16 amide bonds. The van der Waals surface area contributed by atoms with E-state index in [1.54, 1.807) is 102 Å². The highest BCUT2D eigenvalue weighted by atomic mass is 32.1. The SMILES string of the molecule is CC(C)C[C@H](NC(=O)[C@H](Cc1ccccc1)NC(=O)[C@@H](NC(=O)[C@H](CCC(N)=O)NC(=O)[C@@H](N)CC(N)=O)C(C)C)C(=O)NCC(=O)N[C@@H](Cc1ccccc1)C(=O)N[C@H](C(=O)N[C@@H](Cc1ccc(O)cc1)C(=O)N[C@H](C(=O)N[C@@H](C)C(=O)N1CCC[C@H]1C(=O)N[C@@H](CCCCN)C(=O)N[C@@H](CCCCN)C(=O)N[C@@H](CS)C(=O)O)C(C)C)[C@@H](C)O. The number of aromatic hydroxyl groups is 1. The molecule has 1 fully saturated rings. The number of rotatable bonds is 53. The Labute approximate surface area is 708 Å². The number of phenols is 1. The Kier molecular flexibility index (Phi) is 43.8. The van der Waals surface area contributed by atoms with Crippen LogP contribution in [0.25, 0.3) is 0 Å². The van der Waals surface area contributed by atoms with Crippen LogP contribution in [0.3, 0.4) is 0 Å². The standard InChI is InChI=1S/C81H123N19O20S/c1-43(2)36-56(93-73(111)58(38-49-22-13-10-14-23-49)94-78(116)66(45(5)6)97-72(110)55(31-32-62(85)103)90-68(106)52(84)40-63(86)104)69(107)87-41-64(105)89-57(37-48-20-11-9-12-21-48)74(112)99-67(47(8)101)79(117)95-59(39-50-27-29-51(102)30-28-50)75(113)98-65(44(3)4)77(115)88-46(7)80(118)100-35-19-26-61(100)76(114)92-54(25-16-18-34-83)70(108)91-53(24-15-17-33-82)71(109)96-60(42-121)81(119)120/h9-14,20-23,27-30,43-47,52-61,65-67,101-102,121H,15-19,24-26,31-42,82-84H2,1-8H3,(H2,85,103)(H2,86,104)(H,87,107)(H,88,115)(H,89,105)(H,90,106)(H,91,108)(H,92,114)(H,93,111)(H,94,116)(H,95,117)(H,96,109)(H,97,110)(H,98,113)(H,99,112)(H,119,120)/t46-,47+,52-,53-,54-,55-,56-,57-,58-,59-,60-,61-,65-,66-,67-/m0/s1. The molecule has 0 saturated carbocycles. The number of likely N-dealkylation sites (tertiary alicyclic amines) is 1. The van der Waals surface area contributed by atoms with Gasteiger partial charge in [-0.2, -0.15) is 12.6 Å². The molecule has 26 N–H and O–H groups in total. The van der Waals surface area contributed by atoms with Crippen molar-refractivity contribution < 1.29 is 96.8 Å². The molecule has 0 aliphatic carbocycles. The Morgan fingerprint density at radius 3 is 1.34 bits per heavy atom. The van der Waals surface area contributed by atoms with E-state index in [2.05, 4.69) is 81.7 Å². The highest BCUT2D eigenvalue weighted by molar-refractivity contribution is 7.80. The summed E-state index contributed by atoms with van der Waals surface area (Å²) in [5, 5.41) is 64.5. The summed E-state index contributed by atoms with van der Waals surface area (Å²) < 4.78 is 0. The third-order valence-corrected chi connectivity index (χ3v) is 20.1. The van der Waals surface area contributed by atoms with Crippen molar-refractivity contribution in [2.24, 2.45) is 46.4 Å². The van der Waals surface area contributed by atoms with E-state index in [9.17, 15) is 96.8 Å². The molecule has 39 nitrogen and oxygen atoms in total. The maximum atomic E-state index is 14.7. The van der Waals surface area contributed by atoms with Crippen LogP contribution < -0.4 is 97.8 Å². The number of thiol groups is 1. The fourth-order valence-corrected chi connectivity index (χ4v) is 13.3. The number of aliphatic hydroxyl groups is 1. The Morgan fingerprint density at radius 1 is 0.463 bits per heavy atom. The summed E-state index contributed by atoms with van der Waals surface area (Å²) in [6.07, 6.45) is -1.45. The Morgan fingerprint density at radius 2 is 0.876 bits per heavy atom. The number of aliphatic carboxylic acids is 1. The number of nitrogens with two attached hydrogens (primary N) is 5. The molecule has 4 rings (SSSR count). The van der Waals surface area contributed by atoms with Crippen LogP contribution in [-0.2, 0) is 101 Å². The minimum Gasteiger partial charge on any atom is -0.508 e. The molecule has 40 heteroatoms. The maximum Gasteiger partial charge on any atom is 0.327 e. The van der Waals surface area contributed by atoms with Gasteiger partial charge in [0, 0.05) is 38.0 Å². The van der Waals surface area contributed by atoms with Gasteiger partial charge in [0.1, 0.15) is 84.3 Å². The van der Waals surface area contributed by atoms with Crippen molar-refractivity contribution in [1.29, 1.82) is 0 Å². The number of amides is 16. The van der Waals surface area contributed by atoms with E-state index in [0.717, 1.165) is 6.92 Å². The Balaban J connectivity index is 1.54. The van der Waals surface area contributed by atoms with E-state index in [-0.39, 0.29) is 88.4 Å². The molecule has 15 atom stereocenters. The molecule has 1 aliphatic rings. The summed E-state index contributed by atoms with van der Waals surface area (Å²) in [5.74, 6) is -17.6. The summed E-state index contributed by atoms with van der Waals surface area (Å²) >= 11 is 4.02. The van der Waals surface area contributed by atoms with E-state index in [4.69, 9.17) is 28.7 Å². The van der Waals surface area contributed by atoms with Gasteiger partial charge >= 0.3 is 5.97 Å². The zero-order valence-corrected chi connectivity index (χ0v) is 70.6. The molecule has 3 aromatic rings. The molecule has 1 saturated heterocycles. The monoisotopic (exact) mass is 1710 g/mol. The fourth-order valence-electron chi connectivity index (χ4n) is 13.0.